The zero-order valence-electron chi connectivity index (χ0n) is 12.1. The van der Waals surface area contributed by atoms with E-state index in [9.17, 15) is 4.79 Å². The van der Waals surface area contributed by atoms with Crippen molar-refractivity contribution in [2.24, 2.45) is 23.7 Å². The van der Waals surface area contributed by atoms with Crippen LogP contribution in [0.25, 0.3) is 0 Å². The smallest absolute Gasteiger partial charge is 0.307 e. The number of nitrogens with one attached hydrogen (secondary N) is 1. The number of carboxylic acids is 1. The van der Waals surface area contributed by atoms with Gasteiger partial charge in [0.1, 0.15) is 0 Å². The van der Waals surface area contributed by atoms with Crippen molar-refractivity contribution in [3.05, 3.63) is 0 Å². The first-order valence-corrected chi connectivity index (χ1v) is 7.42. The van der Waals surface area contributed by atoms with Gasteiger partial charge >= 0.3 is 5.97 Å². The van der Waals surface area contributed by atoms with Crippen LogP contribution in [0.15, 0.2) is 0 Å². The molecular weight excluding hydrogens is 226 g/mol. The zero-order chi connectivity index (χ0) is 13.5. The van der Waals surface area contributed by atoms with Crippen LogP contribution in [0.2, 0.25) is 0 Å². The van der Waals surface area contributed by atoms with E-state index in [1.54, 1.807) is 0 Å². The third kappa shape index (κ3) is 5.85. The molecule has 0 aliphatic heterocycles. The van der Waals surface area contributed by atoms with E-state index in [1.165, 1.54) is 25.7 Å². The van der Waals surface area contributed by atoms with Crippen molar-refractivity contribution < 1.29 is 9.90 Å². The molecule has 0 saturated heterocycles. The molecule has 0 bridgehead atoms. The number of carboxylic acid groups (broad SMARTS) is 1. The van der Waals surface area contributed by atoms with E-state index in [0.717, 1.165) is 24.8 Å². The summed E-state index contributed by atoms with van der Waals surface area (Å²) in [5.74, 6) is 1.15. The Hall–Kier alpha value is -0.570. The fraction of sp³-hybridized carbons (Fsp3) is 0.933. The molecule has 0 radical (unpaired) electrons. The van der Waals surface area contributed by atoms with Crippen LogP contribution in [0.4, 0.5) is 0 Å². The molecule has 0 aromatic rings. The monoisotopic (exact) mass is 255 g/mol. The molecule has 1 saturated carbocycles. The highest BCUT2D eigenvalue weighted by atomic mass is 16.4. The molecular formula is C15H29NO2. The maximum Gasteiger partial charge on any atom is 0.307 e. The maximum atomic E-state index is 11.1. The van der Waals surface area contributed by atoms with Crippen molar-refractivity contribution >= 4 is 5.97 Å². The highest BCUT2D eigenvalue weighted by molar-refractivity contribution is 5.70. The van der Waals surface area contributed by atoms with Gasteiger partial charge in [-0.2, -0.15) is 0 Å². The van der Waals surface area contributed by atoms with Crippen molar-refractivity contribution in [2.75, 3.05) is 13.1 Å². The summed E-state index contributed by atoms with van der Waals surface area (Å²) in [5, 5.41) is 12.5. The third-order valence-corrected chi connectivity index (χ3v) is 3.97. The van der Waals surface area contributed by atoms with Gasteiger partial charge in [0, 0.05) is 6.54 Å². The number of hydrogen-bond acceptors (Lipinski definition) is 2. The van der Waals surface area contributed by atoms with Crippen LogP contribution in [-0.4, -0.2) is 24.2 Å². The lowest BCUT2D eigenvalue weighted by Gasteiger charge is -2.27. The Morgan fingerprint density at radius 2 is 2.11 bits per heavy atom. The summed E-state index contributed by atoms with van der Waals surface area (Å²) in [4.78, 5) is 11.1. The molecule has 3 heteroatoms. The highest BCUT2D eigenvalue weighted by Gasteiger charge is 2.21. The summed E-state index contributed by atoms with van der Waals surface area (Å²) in [6.07, 6.45) is 6.07. The van der Waals surface area contributed by atoms with E-state index in [0.29, 0.717) is 12.5 Å². The molecule has 106 valence electrons. The Morgan fingerprint density at radius 3 is 2.67 bits per heavy atom. The van der Waals surface area contributed by atoms with Crippen molar-refractivity contribution in [1.82, 2.24) is 5.32 Å². The Kier molecular flexibility index (Phi) is 6.69. The van der Waals surface area contributed by atoms with Crippen molar-refractivity contribution in [3.63, 3.8) is 0 Å². The molecule has 1 aliphatic rings. The minimum Gasteiger partial charge on any atom is -0.481 e. The Labute approximate surface area is 111 Å². The minimum absolute atomic E-state index is 0.231. The Bertz CT molecular complexity index is 253. The van der Waals surface area contributed by atoms with Gasteiger partial charge in [0.15, 0.2) is 0 Å². The molecule has 0 aromatic carbocycles. The first kappa shape index (κ1) is 15.5. The standard InChI is InChI=1S/C15H29NO2/c1-11(2)7-14(15(17)18)10-16-9-13-6-4-5-12(3)8-13/h11-14,16H,4-10H2,1-3H3,(H,17,18). The van der Waals surface area contributed by atoms with Crippen LogP contribution in [-0.2, 0) is 4.79 Å². The van der Waals surface area contributed by atoms with Crippen LogP contribution in [0.1, 0.15) is 52.9 Å². The Morgan fingerprint density at radius 1 is 1.39 bits per heavy atom. The lowest BCUT2D eigenvalue weighted by molar-refractivity contribution is -0.142. The summed E-state index contributed by atoms with van der Waals surface area (Å²) in [5.41, 5.74) is 0. The van der Waals surface area contributed by atoms with E-state index in [-0.39, 0.29) is 5.92 Å². The van der Waals surface area contributed by atoms with Gasteiger partial charge in [0.25, 0.3) is 0 Å². The second kappa shape index (κ2) is 7.78. The highest BCUT2D eigenvalue weighted by Crippen LogP contribution is 2.27. The maximum absolute atomic E-state index is 11.1. The minimum atomic E-state index is -0.659. The van der Waals surface area contributed by atoms with Crippen LogP contribution >= 0.6 is 0 Å². The molecule has 0 amide bonds. The SMILES string of the molecule is CC(C)CC(CNCC1CCCC(C)C1)C(=O)O. The van der Waals surface area contributed by atoms with Gasteiger partial charge in [0.05, 0.1) is 5.92 Å². The van der Waals surface area contributed by atoms with Crippen molar-refractivity contribution in [1.29, 1.82) is 0 Å². The van der Waals surface area contributed by atoms with Crippen LogP contribution in [0.5, 0.6) is 0 Å². The van der Waals surface area contributed by atoms with E-state index < -0.39 is 5.97 Å². The molecule has 1 fully saturated rings. The lowest BCUT2D eigenvalue weighted by atomic mass is 9.82. The molecule has 3 nitrogen and oxygen atoms in total. The second-order valence-corrected chi connectivity index (χ2v) is 6.46. The first-order chi connectivity index (χ1) is 8.49. The second-order valence-electron chi connectivity index (χ2n) is 6.46. The summed E-state index contributed by atoms with van der Waals surface area (Å²) < 4.78 is 0. The number of carbonyl (C=O) groups is 1. The van der Waals surface area contributed by atoms with Gasteiger partial charge in [-0.15, -0.1) is 0 Å². The molecule has 0 spiro atoms. The average molecular weight is 255 g/mol. The molecule has 1 aliphatic carbocycles. The van der Waals surface area contributed by atoms with Gasteiger partial charge in [-0.1, -0.05) is 33.6 Å². The Balaban J connectivity index is 2.23. The van der Waals surface area contributed by atoms with Crippen molar-refractivity contribution in [2.45, 2.75) is 52.9 Å². The fourth-order valence-corrected chi connectivity index (χ4v) is 3.05. The molecule has 3 unspecified atom stereocenters. The summed E-state index contributed by atoms with van der Waals surface area (Å²) >= 11 is 0. The number of aliphatic carboxylic acids is 1. The zero-order valence-corrected chi connectivity index (χ0v) is 12.1. The van der Waals surface area contributed by atoms with Gasteiger partial charge in [0.2, 0.25) is 0 Å². The number of rotatable bonds is 7. The van der Waals surface area contributed by atoms with Gasteiger partial charge in [-0.25, -0.2) is 0 Å². The molecule has 1 rings (SSSR count). The molecule has 0 aromatic heterocycles. The predicted molar refractivity (Wildman–Crippen MR) is 74.6 cm³/mol. The van der Waals surface area contributed by atoms with Gasteiger partial charge in [-0.05, 0) is 43.6 Å². The lowest BCUT2D eigenvalue weighted by Crippen LogP contribution is -2.33. The predicted octanol–water partition coefficient (Wildman–Crippen LogP) is 3.15. The van der Waals surface area contributed by atoms with Crippen LogP contribution in [0.3, 0.4) is 0 Å². The molecule has 0 heterocycles. The summed E-state index contributed by atoms with van der Waals surface area (Å²) in [6, 6.07) is 0. The normalized spacial score (nSPS) is 26.2. The van der Waals surface area contributed by atoms with Crippen LogP contribution in [0, 0.1) is 23.7 Å². The number of hydrogen-bond donors (Lipinski definition) is 2. The van der Waals surface area contributed by atoms with E-state index in [1.807, 2.05) is 0 Å². The fourth-order valence-electron chi connectivity index (χ4n) is 3.05. The topological polar surface area (TPSA) is 49.3 Å². The van der Waals surface area contributed by atoms with Crippen LogP contribution < -0.4 is 5.32 Å². The molecule has 3 atom stereocenters. The van der Waals surface area contributed by atoms with Crippen molar-refractivity contribution in [3.8, 4) is 0 Å². The van der Waals surface area contributed by atoms with Gasteiger partial charge in [-0.3, -0.25) is 4.79 Å². The summed E-state index contributed by atoms with van der Waals surface area (Å²) in [6.45, 7) is 8.10. The largest absolute Gasteiger partial charge is 0.481 e. The van der Waals surface area contributed by atoms with E-state index >= 15 is 0 Å². The summed E-state index contributed by atoms with van der Waals surface area (Å²) in [7, 11) is 0. The third-order valence-electron chi connectivity index (χ3n) is 3.97. The molecule has 18 heavy (non-hydrogen) atoms. The quantitative estimate of drug-likeness (QED) is 0.734. The molecule has 2 N–H and O–H groups in total. The average Bonchev–Trinajstić information content (AvgIpc) is 2.27. The van der Waals surface area contributed by atoms with Gasteiger partial charge < -0.3 is 10.4 Å². The first-order valence-electron chi connectivity index (χ1n) is 7.42. The van der Waals surface area contributed by atoms with E-state index in [2.05, 4.69) is 26.1 Å². The van der Waals surface area contributed by atoms with E-state index in [4.69, 9.17) is 5.11 Å².